The third-order valence-corrected chi connectivity index (χ3v) is 3.62. The highest BCUT2D eigenvalue weighted by molar-refractivity contribution is 5.36. The SMILES string of the molecule is CC(C)(C)c1ccccc1C(N)Cc1ccc(F)cc1F. The van der Waals surface area contributed by atoms with Crippen molar-refractivity contribution in [3.63, 3.8) is 0 Å². The maximum atomic E-state index is 13.8. The van der Waals surface area contributed by atoms with Gasteiger partial charge in [0.25, 0.3) is 0 Å². The third kappa shape index (κ3) is 3.67. The van der Waals surface area contributed by atoms with Crippen LogP contribution in [0.2, 0.25) is 0 Å². The maximum absolute atomic E-state index is 13.8. The predicted molar refractivity (Wildman–Crippen MR) is 82.1 cm³/mol. The van der Waals surface area contributed by atoms with E-state index in [0.29, 0.717) is 12.0 Å². The minimum absolute atomic E-state index is 0.0322. The molecule has 2 aromatic carbocycles. The van der Waals surface area contributed by atoms with Crippen molar-refractivity contribution >= 4 is 0 Å². The lowest BCUT2D eigenvalue weighted by atomic mass is 9.81. The molecule has 0 amide bonds. The molecule has 1 unspecified atom stereocenters. The molecule has 2 rings (SSSR count). The molecular formula is C18H21F2N. The summed E-state index contributed by atoms with van der Waals surface area (Å²) in [5.74, 6) is -1.11. The third-order valence-electron chi connectivity index (χ3n) is 3.62. The zero-order chi connectivity index (χ0) is 15.6. The maximum Gasteiger partial charge on any atom is 0.129 e. The van der Waals surface area contributed by atoms with Crippen LogP contribution in [0.4, 0.5) is 8.78 Å². The fourth-order valence-electron chi connectivity index (χ4n) is 2.54. The molecule has 0 saturated carbocycles. The Balaban J connectivity index is 2.31. The molecule has 1 nitrogen and oxygen atoms in total. The Bertz CT molecular complexity index is 629. The minimum Gasteiger partial charge on any atom is -0.324 e. The van der Waals surface area contributed by atoms with Gasteiger partial charge in [0.1, 0.15) is 11.6 Å². The molecule has 0 heterocycles. The number of hydrogen-bond donors (Lipinski definition) is 1. The highest BCUT2D eigenvalue weighted by Gasteiger charge is 2.21. The Hall–Kier alpha value is -1.74. The van der Waals surface area contributed by atoms with E-state index in [1.54, 1.807) is 0 Å². The van der Waals surface area contributed by atoms with Crippen LogP contribution in [0.1, 0.15) is 43.5 Å². The van der Waals surface area contributed by atoms with E-state index in [2.05, 4.69) is 26.8 Å². The summed E-state index contributed by atoms with van der Waals surface area (Å²) in [6, 6.07) is 11.3. The molecule has 0 aromatic heterocycles. The molecule has 0 spiro atoms. The molecule has 21 heavy (non-hydrogen) atoms. The average Bonchev–Trinajstić information content (AvgIpc) is 2.41. The van der Waals surface area contributed by atoms with Gasteiger partial charge in [-0.2, -0.15) is 0 Å². The molecule has 2 N–H and O–H groups in total. The van der Waals surface area contributed by atoms with Crippen LogP contribution in [0.3, 0.4) is 0 Å². The first-order chi connectivity index (χ1) is 9.79. The molecular weight excluding hydrogens is 268 g/mol. The Kier molecular flexibility index (Phi) is 4.43. The normalized spacial score (nSPS) is 13.2. The van der Waals surface area contributed by atoms with Gasteiger partial charge in [0.15, 0.2) is 0 Å². The van der Waals surface area contributed by atoms with E-state index < -0.39 is 11.6 Å². The molecule has 0 saturated heterocycles. The second-order valence-electron chi connectivity index (χ2n) is 6.38. The topological polar surface area (TPSA) is 26.0 Å². The summed E-state index contributed by atoms with van der Waals surface area (Å²) in [5, 5.41) is 0. The van der Waals surface area contributed by atoms with Gasteiger partial charge in [-0.15, -0.1) is 0 Å². The van der Waals surface area contributed by atoms with E-state index in [-0.39, 0.29) is 11.5 Å². The van der Waals surface area contributed by atoms with E-state index >= 15 is 0 Å². The first-order valence-electron chi connectivity index (χ1n) is 7.08. The number of benzene rings is 2. The first-order valence-corrected chi connectivity index (χ1v) is 7.08. The molecule has 1 atom stereocenters. The second-order valence-corrected chi connectivity index (χ2v) is 6.38. The second kappa shape index (κ2) is 5.94. The summed E-state index contributed by atoms with van der Waals surface area (Å²) < 4.78 is 26.7. The molecule has 0 radical (unpaired) electrons. The number of nitrogens with two attached hydrogens (primary N) is 1. The highest BCUT2D eigenvalue weighted by atomic mass is 19.1. The van der Waals surface area contributed by atoms with E-state index in [0.717, 1.165) is 17.2 Å². The van der Waals surface area contributed by atoms with Crippen LogP contribution in [0.5, 0.6) is 0 Å². The van der Waals surface area contributed by atoms with Gasteiger partial charge in [-0.25, -0.2) is 8.78 Å². The van der Waals surface area contributed by atoms with Gasteiger partial charge >= 0.3 is 0 Å². The van der Waals surface area contributed by atoms with Gasteiger partial charge in [-0.05, 0) is 34.6 Å². The van der Waals surface area contributed by atoms with Crippen LogP contribution in [0.15, 0.2) is 42.5 Å². The fraction of sp³-hybridized carbons (Fsp3) is 0.333. The first kappa shape index (κ1) is 15.6. The summed E-state index contributed by atoms with van der Waals surface area (Å²) in [7, 11) is 0. The summed E-state index contributed by atoms with van der Waals surface area (Å²) in [4.78, 5) is 0. The van der Waals surface area contributed by atoms with Crippen molar-refractivity contribution < 1.29 is 8.78 Å². The van der Waals surface area contributed by atoms with E-state index in [4.69, 9.17) is 5.73 Å². The molecule has 0 aliphatic carbocycles. The summed E-state index contributed by atoms with van der Waals surface area (Å²) in [6.45, 7) is 6.37. The minimum atomic E-state index is -0.570. The van der Waals surface area contributed by atoms with Gasteiger partial charge in [0.05, 0.1) is 0 Å². The van der Waals surface area contributed by atoms with Crippen molar-refractivity contribution in [1.29, 1.82) is 0 Å². The molecule has 0 aliphatic rings. The lowest BCUT2D eigenvalue weighted by Gasteiger charge is -2.26. The Labute approximate surface area is 124 Å². The van der Waals surface area contributed by atoms with Crippen molar-refractivity contribution in [3.8, 4) is 0 Å². The highest BCUT2D eigenvalue weighted by Crippen LogP contribution is 2.30. The van der Waals surface area contributed by atoms with Crippen LogP contribution in [0.25, 0.3) is 0 Å². The number of halogens is 2. The molecule has 0 aliphatic heterocycles. The van der Waals surface area contributed by atoms with Gasteiger partial charge in [0, 0.05) is 12.1 Å². The van der Waals surface area contributed by atoms with Crippen LogP contribution >= 0.6 is 0 Å². The standard InChI is InChI=1S/C18H21F2N/c1-18(2,3)15-7-5-4-6-14(15)17(21)10-12-8-9-13(19)11-16(12)20/h4-9,11,17H,10,21H2,1-3H3. The van der Waals surface area contributed by atoms with E-state index in [1.807, 2.05) is 18.2 Å². The van der Waals surface area contributed by atoms with E-state index in [9.17, 15) is 8.78 Å². The van der Waals surface area contributed by atoms with Gasteiger partial charge < -0.3 is 5.73 Å². The van der Waals surface area contributed by atoms with Gasteiger partial charge in [-0.3, -0.25) is 0 Å². The summed E-state index contributed by atoms with van der Waals surface area (Å²) in [5.41, 5.74) is 8.84. The lowest BCUT2D eigenvalue weighted by molar-refractivity contribution is 0.551. The molecule has 112 valence electrons. The Morgan fingerprint density at radius 2 is 1.71 bits per heavy atom. The van der Waals surface area contributed by atoms with Crippen molar-refractivity contribution in [2.45, 2.75) is 38.6 Å². The molecule has 3 heteroatoms. The zero-order valence-electron chi connectivity index (χ0n) is 12.7. The quantitative estimate of drug-likeness (QED) is 0.884. The van der Waals surface area contributed by atoms with Crippen LogP contribution < -0.4 is 5.73 Å². The molecule has 0 fully saturated rings. The monoisotopic (exact) mass is 289 g/mol. The Morgan fingerprint density at radius 1 is 1.05 bits per heavy atom. The van der Waals surface area contributed by atoms with Crippen molar-refractivity contribution in [3.05, 3.63) is 70.8 Å². The Morgan fingerprint density at radius 3 is 2.33 bits per heavy atom. The van der Waals surface area contributed by atoms with Crippen molar-refractivity contribution in [2.75, 3.05) is 0 Å². The summed E-state index contributed by atoms with van der Waals surface area (Å²) in [6.07, 6.45) is 0.346. The number of hydrogen-bond acceptors (Lipinski definition) is 1. The molecule has 2 aromatic rings. The molecule has 0 bridgehead atoms. The summed E-state index contributed by atoms with van der Waals surface area (Å²) >= 11 is 0. The average molecular weight is 289 g/mol. The van der Waals surface area contributed by atoms with Crippen LogP contribution in [0, 0.1) is 11.6 Å². The van der Waals surface area contributed by atoms with Gasteiger partial charge in [0.2, 0.25) is 0 Å². The number of rotatable bonds is 3. The van der Waals surface area contributed by atoms with Gasteiger partial charge in [-0.1, -0.05) is 51.1 Å². The van der Waals surface area contributed by atoms with Crippen LogP contribution in [-0.2, 0) is 11.8 Å². The predicted octanol–water partition coefficient (Wildman–Crippen LogP) is 4.50. The fourth-order valence-corrected chi connectivity index (χ4v) is 2.54. The van der Waals surface area contributed by atoms with Crippen molar-refractivity contribution in [1.82, 2.24) is 0 Å². The smallest absolute Gasteiger partial charge is 0.129 e. The zero-order valence-corrected chi connectivity index (χ0v) is 12.7. The largest absolute Gasteiger partial charge is 0.324 e. The lowest BCUT2D eigenvalue weighted by Crippen LogP contribution is -2.21. The van der Waals surface area contributed by atoms with Crippen LogP contribution in [-0.4, -0.2) is 0 Å². The van der Waals surface area contributed by atoms with Crippen molar-refractivity contribution in [2.24, 2.45) is 5.73 Å². The van der Waals surface area contributed by atoms with E-state index in [1.165, 1.54) is 12.1 Å².